The van der Waals surface area contributed by atoms with Crippen molar-refractivity contribution in [2.45, 2.75) is 46.8 Å². The molecule has 1 aromatic carbocycles. The summed E-state index contributed by atoms with van der Waals surface area (Å²) in [4.78, 5) is 24.9. The number of aryl methyl sites for hydroxylation is 2. The Kier molecular flexibility index (Phi) is 6.33. The zero-order valence-electron chi connectivity index (χ0n) is 15.2. The van der Waals surface area contributed by atoms with Gasteiger partial charge in [-0.3, -0.25) is 4.79 Å². The van der Waals surface area contributed by atoms with Gasteiger partial charge in [-0.15, -0.1) is 0 Å². The second kappa shape index (κ2) is 8.46. The molecule has 1 N–H and O–H groups in total. The summed E-state index contributed by atoms with van der Waals surface area (Å²) in [6.07, 6.45) is -0.0955. The largest absolute Gasteiger partial charge is 0.445 e. The van der Waals surface area contributed by atoms with Gasteiger partial charge in [-0.2, -0.15) is 5.10 Å². The summed E-state index contributed by atoms with van der Waals surface area (Å²) in [6, 6.07) is 10.6. The second-order valence-corrected chi connectivity index (χ2v) is 6.57. The van der Waals surface area contributed by atoms with E-state index in [-0.39, 0.29) is 18.4 Å². The third-order valence-electron chi connectivity index (χ3n) is 3.73. The molecule has 0 fully saturated rings. The lowest BCUT2D eigenvalue weighted by atomic mass is 10.0. The maximum Gasteiger partial charge on any atom is 0.408 e. The van der Waals surface area contributed by atoms with Gasteiger partial charge in [0.25, 0.3) is 5.91 Å². The fourth-order valence-corrected chi connectivity index (χ4v) is 2.60. The number of alkyl carbamates (subject to hydrolysis) is 1. The molecule has 25 heavy (non-hydrogen) atoms. The number of hydrogen-bond donors (Lipinski definition) is 1. The molecular weight excluding hydrogens is 318 g/mol. The van der Waals surface area contributed by atoms with Gasteiger partial charge < -0.3 is 10.1 Å². The van der Waals surface area contributed by atoms with Gasteiger partial charge in [-0.05, 0) is 37.8 Å². The van der Waals surface area contributed by atoms with E-state index in [4.69, 9.17) is 4.74 Å². The van der Waals surface area contributed by atoms with Crippen LogP contribution in [0.2, 0.25) is 0 Å². The van der Waals surface area contributed by atoms with E-state index in [1.807, 2.05) is 64.1 Å². The normalized spacial score (nSPS) is 12.0. The molecule has 0 unspecified atom stereocenters. The van der Waals surface area contributed by atoms with E-state index in [0.29, 0.717) is 6.42 Å². The minimum atomic E-state index is -0.679. The lowest BCUT2D eigenvalue weighted by molar-refractivity contribution is 0.0803. The van der Waals surface area contributed by atoms with Crippen molar-refractivity contribution in [3.8, 4) is 0 Å². The summed E-state index contributed by atoms with van der Waals surface area (Å²) in [6.45, 7) is 7.81. The van der Waals surface area contributed by atoms with Crippen molar-refractivity contribution in [3.05, 3.63) is 53.3 Å². The van der Waals surface area contributed by atoms with Crippen molar-refractivity contribution in [1.82, 2.24) is 15.1 Å². The van der Waals surface area contributed by atoms with Gasteiger partial charge >= 0.3 is 6.09 Å². The van der Waals surface area contributed by atoms with Gasteiger partial charge in [0.15, 0.2) is 0 Å². The molecule has 1 amide bonds. The molecule has 0 bridgehead atoms. The van der Waals surface area contributed by atoms with E-state index in [1.54, 1.807) is 0 Å². The standard InChI is InChI=1S/C19H25N3O3/c1-13(2)10-17(18(23)22-15(4)11-14(3)21-22)20-19(24)25-12-16-8-6-5-7-9-16/h5-9,11,13,17H,10,12H2,1-4H3,(H,20,24)/t17-/m0/s1. The van der Waals surface area contributed by atoms with Crippen LogP contribution in [0.25, 0.3) is 0 Å². The fourth-order valence-electron chi connectivity index (χ4n) is 2.60. The molecular formula is C19H25N3O3. The molecule has 0 radical (unpaired) electrons. The van der Waals surface area contributed by atoms with Gasteiger partial charge in [0.2, 0.25) is 0 Å². The van der Waals surface area contributed by atoms with E-state index >= 15 is 0 Å². The second-order valence-electron chi connectivity index (χ2n) is 6.57. The van der Waals surface area contributed by atoms with Crippen LogP contribution < -0.4 is 5.32 Å². The number of benzene rings is 1. The van der Waals surface area contributed by atoms with Gasteiger partial charge in [0, 0.05) is 5.69 Å². The summed E-state index contributed by atoms with van der Waals surface area (Å²) in [5.41, 5.74) is 2.40. The minimum Gasteiger partial charge on any atom is -0.445 e. The predicted molar refractivity (Wildman–Crippen MR) is 95.3 cm³/mol. The van der Waals surface area contributed by atoms with Crippen LogP contribution in [0.1, 0.15) is 42.0 Å². The average Bonchev–Trinajstić information content (AvgIpc) is 2.90. The van der Waals surface area contributed by atoms with E-state index in [2.05, 4.69) is 10.4 Å². The summed E-state index contributed by atoms with van der Waals surface area (Å²) < 4.78 is 6.58. The number of nitrogens with one attached hydrogen (secondary N) is 1. The van der Waals surface area contributed by atoms with Crippen molar-refractivity contribution in [1.29, 1.82) is 0 Å². The Morgan fingerprint density at radius 2 is 1.88 bits per heavy atom. The Labute approximate surface area is 148 Å². The molecule has 1 atom stereocenters. The molecule has 134 valence electrons. The average molecular weight is 343 g/mol. The summed E-state index contributed by atoms with van der Waals surface area (Å²) in [5, 5.41) is 6.90. The van der Waals surface area contributed by atoms with Crippen LogP contribution in [0.15, 0.2) is 36.4 Å². The number of aromatic nitrogens is 2. The molecule has 1 heterocycles. The molecule has 6 heteroatoms. The number of carbonyl (C=O) groups is 2. The molecule has 0 aliphatic carbocycles. The molecule has 0 saturated heterocycles. The third-order valence-corrected chi connectivity index (χ3v) is 3.73. The zero-order valence-corrected chi connectivity index (χ0v) is 15.2. The van der Waals surface area contributed by atoms with Gasteiger partial charge in [0.05, 0.1) is 5.69 Å². The molecule has 2 rings (SSSR count). The molecule has 0 aliphatic heterocycles. The number of ether oxygens (including phenoxy) is 1. The maximum absolute atomic E-state index is 12.8. The van der Waals surface area contributed by atoms with Crippen LogP contribution in [-0.4, -0.2) is 27.8 Å². The zero-order chi connectivity index (χ0) is 18.4. The first-order valence-corrected chi connectivity index (χ1v) is 8.41. The molecule has 2 aromatic rings. The Balaban J connectivity index is 2.02. The first-order chi connectivity index (χ1) is 11.9. The fraction of sp³-hybridized carbons (Fsp3) is 0.421. The van der Waals surface area contributed by atoms with Crippen LogP contribution in [0, 0.1) is 19.8 Å². The SMILES string of the molecule is Cc1cc(C)n(C(=O)[C@H](CC(C)C)NC(=O)OCc2ccccc2)n1. The summed E-state index contributed by atoms with van der Waals surface area (Å²) in [5.74, 6) is -0.0173. The number of rotatable bonds is 6. The van der Waals surface area contributed by atoms with Crippen LogP contribution in [-0.2, 0) is 11.3 Å². The highest BCUT2D eigenvalue weighted by Crippen LogP contribution is 2.11. The van der Waals surface area contributed by atoms with Gasteiger partial charge in [-0.1, -0.05) is 44.2 Å². The van der Waals surface area contributed by atoms with Gasteiger partial charge in [-0.25, -0.2) is 9.48 Å². The summed E-state index contributed by atoms with van der Waals surface area (Å²) >= 11 is 0. The number of carbonyl (C=O) groups excluding carboxylic acids is 2. The van der Waals surface area contributed by atoms with Crippen LogP contribution in [0.3, 0.4) is 0 Å². The van der Waals surface area contributed by atoms with Crippen molar-refractivity contribution >= 4 is 12.0 Å². The number of nitrogens with zero attached hydrogens (tertiary/aromatic N) is 2. The van der Waals surface area contributed by atoms with Crippen LogP contribution >= 0.6 is 0 Å². The Morgan fingerprint density at radius 3 is 2.44 bits per heavy atom. The molecule has 1 aromatic heterocycles. The maximum atomic E-state index is 12.8. The van der Waals surface area contributed by atoms with E-state index in [1.165, 1.54) is 4.68 Å². The Morgan fingerprint density at radius 1 is 1.20 bits per heavy atom. The highest BCUT2D eigenvalue weighted by atomic mass is 16.5. The Hall–Kier alpha value is -2.63. The number of amides is 1. The highest BCUT2D eigenvalue weighted by Gasteiger charge is 2.25. The monoisotopic (exact) mass is 343 g/mol. The summed E-state index contributed by atoms with van der Waals surface area (Å²) in [7, 11) is 0. The highest BCUT2D eigenvalue weighted by molar-refractivity contribution is 5.87. The first-order valence-electron chi connectivity index (χ1n) is 8.41. The van der Waals surface area contributed by atoms with Crippen molar-refractivity contribution in [2.24, 2.45) is 5.92 Å². The smallest absolute Gasteiger partial charge is 0.408 e. The minimum absolute atomic E-state index is 0.162. The van der Waals surface area contributed by atoms with Crippen molar-refractivity contribution in [2.75, 3.05) is 0 Å². The van der Waals surface area contributed by atoms with E-state index in [9.17, 15) is 9.59 Å². The van der Waals surface area contributed by atoms with Crippen LogP contribution in [0.4, 0.5) is 4.79 Å². The lowest BCUT2D eigenvalue weighted by Gasteiger charge is -2.19. The molecule has 0 saturated carbocycles. The Bertz CT molecular complexity index is 723. The van der Waals surface area contributed by atoms with Crippen LogP contribution in [0.5, 0.6) is 0 Å². The molecule has 0 spiro atoms. The van der Waals surface area contributed by atoms with Gasteiger partial charge in [0.1, 0.15) is 12.6 Å². The lowest BCUT2D eigenvalue weighted by Crippen LogP contribution is -2.44. The topological polar surface area (TPSA) is 73.2 Å². The van der Waals surface area contributed by atoms with Crippen molar-refractivity contribution < 1.29 is 14.3 Å². The van der Waals surface area contributed by atoms with Crippen molar-refractivity contribution in [3.63, 3.8) is 0 Å². The molecule has 6 nitrogen and oxygen atoms in total. The quantitative estimate of drug-likeness (QED) is 0.871. The predicted octanol–water partition coefficient (Wildman–Crippen LogP) is 3.48. The third kappa shape index (κ3) is 5.45. The van der Waals surface area contributed by atoms with E-state index < -0.39 is 12.1 Å². The first kappa shape index (κ1) is 18.7. The molecule has 0 aliphatic rings. The number of hydrogen-bond acceptors (Lipinski definition) is 4. The van der Waals surface area contributed by atoms with E-state index in [0.717, 1.165) is 17.0 Å².